The van der Waals surface area contributed by atoms with Crippen LogP contribution in [0, 0.1) is 0 Å². The molecule has 1 heterocycles. The van der Waals surface area contributed by atoms with Gasteiger partial charge in [-0.1, -0.05) is 48.5 Å². The Hall–Kier alpha value is -2.86. The van der Waals surface area contributed by atoms with Crippen LogP contribution in [-0.2, 0) is 9.53 Å². The highest BCUT2D eigenvalue weighted by Gasteiger charge is 2.43. The molecule has 6 nitrogen and oxygen atoms in total. The molecule has 2 amide bonds. The molecule has 5 rings (SSSR count). The Balaban J connectivity index is 1.50. The van der Waals surface area contributed by atoms with Crippen molar-refractivity contribution in [2.45, 2.75) is 43.4 Å². The average Bonchev–Trinajstić information content (AvgIpc) is 3.50. The lowest BCUT2D eigenvalue weighted by atomic mass is 9.87. The summed E-state index contributed by atoms with van der Waals surface area (Å²) in [5, 5.41) is 12.8. The summed E-state index contributed by atoms with van der Waals surface area (Å²) in [7, 11) is 0. The van der Waals surface area contributed by atoms with Crippen LogP contribution in [0.3, 0.4) is 0 Å². The van der Waals surface area contributed by atoms with Crippen molar-refractivity contribution in [2.75, 3.05) is 13.2 Å². The van der Waals surface area contributed by atoms with E-state index in [1.165, 1.54) is 27.2 Å². The third-order valence-corrected chi connectivity index (χ3v) is 6.25. The van der Waals surface area contributed by atoms with Crippen molar-refractivity contribution in [1.29, 1.82) is 0 Å². The predicted octanol–water partition coefficient (Wildman–Crippen LogP) is 3.22. The van der Waals surface area contributed by atoms with Gasteiger partial charge < -0.3 is 15.2 Å². The number of morpholine rings is 1. The lowest BCUT2D eigenvalue weighted by molar-refractivity contribution is -0.143. The molecule has 2 aromatic rings. The molecule has 150 valence electrons. The molecule has 3 aliphatic rings. The summed E-state index contributed by atoms with van der Waals surface area (Å²) in [5.41, 5.74) is 4.74. The van der Waals surface area contributed by atoms with Crippen LogP contribution in [0.5, 0.6) is 0 Å². The zero-order chi connectivity index (χ0) is 20.0. The molecule has 2 unspecified atom stereocenters. The number of hydrogen-bond donors (Lipinski definition) is 2. The van der Waals surface area contributed by atoms with Crippen molar-refractivity contribution in [3.05, 3.63) is 59.7 Å². The van der Waals surface area contributed by atoms with Crippen molar-refractivity contribution >= 4 is 12.0 Å². The SMILES string of the molecule is O=C(NC1CC1)C1OCCN(C(=O)O)C1CC1c2ccccc2-c2ccccc21. The van der Waals surface area contributed by atoms with E-state index >= 15 is 0 Å². The fraction of sp³-hybridized carbons (Fsp3) is 0.391. The Labute approximate surface area is 169 Å². The maximum Gasteiger partial charge on any atom is 0.407 e. The fourth-order valence-corrected chi connectivity index (χ4v) is 4.72. The van der Waals surface area contributed by atoms with E-state index < -0.39 is 18.2 Å². The number of amides is 2. The maximum absolute atomic E-state index is 12.8. The number of ether oxygens (including phenoxy) is 1. The molecule has 2 aromatic carbocycles. The number of carboxylic acid groups (broad SMARTS) is 1. The first-order chi connectivity index (χ1) is 14.1. The Bertz CT molecular complexity index is 910. The van der Waals surface area contributed by atoms with Crippen molar-refractivity contribution in [1.82, 2.24) is 10.2 Å². The molecule has 29 heavy (non-hydrogen) atoms. The molecule has 2 fully saturated rings. The average molecular weight is 392 g/mol. The molecule has 1 aliphatic heterocycles. The molecule has 0 bridgehead atoms. The Morgan fingerprint density at radius 3 is 2.24 bits per heavy atom. The van der Waals surface area contributed by atoms with Gasteiger partial charge >= 0.3 is 6.09 Å². The number of hydrogen-bond acceptors (Lipinski definition) is 3. The number of benzene rings is 2. The molecule has 6 heteroatoms. The van der Waals surface area contributed by atoms with Crippen LogP contribution in [0.1, 0.15) is 36.3 Å². The molecule has 1 saturated heterocycles. The minimum absolute atomic E-state index is 0.0344. The number of nitrogens with one attached hydrogen (secondary N) is 1. The first-order valence-electron chi connectivity index (χ1n) is 10.2. The van der Waals surface area contributed by atoms with Gasteiger partial charge in [0.05, 0.1) is 12.6 Å². The number of fused-ring (bicyclic) bond motifs is 3. The van der Waals surface area contributed by atoms with Crippen LogP contribution in [0.15, 0.2) is 48.5 Å². The van der Waals surface area contributed by atoms with Crippen LogP contribution in [0.2, 0.25) is 0 Å². The van der Waals surface area contributed by atoms with Crippen LogP contribution in [0.4, 0.5) is 4.79 Å². The second-order valence-electron chi connectivity index (χ2n) is 8.08. The third-order valence-electron chi connectivity index (χ3n) is 6.25. The number of nitrogens with zero attached hydrogens (tertiary/aromatic N) is 1. The van der Waals surface area contributed by atoms with Crippen molar-refractivity contribution < 1.29 is 19.4 Å². The van der Waals surface area contributed by atoms with E-state index in [-0.39, 0.29) is 31.0 Å². The summed E-state index contributed by atoms with van der Waals surface area (Å²) >= 11 is 0. The number of carbonyl (C=O) groups excluding carboxylic acids is 1. The van der Waals surface area contributed by atoms with Crippen LogP contribution in [-0.4, -0.2) is 53.3 Å². The van der Waals surface area contributed by atoms with Gasteiger partial charge in [0.2, 0.25) is 0 Å². The predicted molar refractivity (Wildman–Crippen MR) is 108 cm³/mol. The second-order valence-corrected chi connectivity index (χ2v) is 8.08. The normalized spacial score (nSPS) is 23.4. The molecule has 2 atom stereocenters. The molecular weight excluding hydrogens is 368 g/mol. The van der Waals surface area contributed by atoms with E-state index in [0.29, 0.717) is 6.42 Å². The smallest absolute Gasteiger partial charge is 0.407 e. The van der Waals surface area contributed by atoms with E-state index in [0.717, 1.165) is 12.8 Å². The van der Waals surface area contributed by atoms with E-state index in [2.05, 4.69) is 29.6 Å². The minimum atomic E-state index is -0.998. The molecule has 1 saturated carbocycles. The summed E-state index contributed by atoms with van der Waals surface area (Å²) in [6.45, 7) is 0.520. The van der Waals surface area contributed by atoms with Gasteiger partial charge in [0.15, 0.2) is 6.10 Å². The first kappa shape index (κ1) is 18.2. The zero-order valence-electron chi connectivity index (χ0n) is 16.1. The van der Waals surface area contributed by atoms with Gasteiger partial charge in [-0.2, -0.15) is 0 Å². The van der Waals surface area contributed by atoms with Crippen LogP contribution < -0.4 is 5.32 Å². The number of rotatable bonds is 4. The van der Waals surface area contributed by atoms with Gasteiger partial charge in [-0.25, -0.2) is 4.79 Å². The fourth-order valence-electron chi connectivity index (χ4n) is 4.72. The maximum atomic E-state index is 12.8. The van der Waals surface area contributed by atoms with Gasteiger partial charge in [0, 0.05) is 18.5 Å². The number of carbonyl (C=O) groups is 2. The lowest BCUT2D eigenvalue weighted by Crippen LogP contribution is -2.58. The Morgan fingerprint density at radius 1 is 1.03 bits per heavy atom. The monoisotopic (exact) mass is 392 g/mol. The van der Waals surface area contributed by atoms with E-state index in [9.17, 15) is 14.7 Å². The second kappa shape index (κ2) is 7.19. The molecule has 0 aromatic heterocycles. The van der Waals surface area contributed by atoms with Gasteiger partial charge in [-0.15, -0.1) is 0 Å². The highest BCUT2D eigenvalue weighted by molar-refractivity contribution is 5.83. The van der Waals surface area contributed by atoms with Crippen LogP contribution in [0.25, 0.3) is 11.1 Å². The van der Waals surface area contributed by atoms with Crippen LogP contribution >= 0.6 is 0 Å². The highest BCUT2D eigenvalue weighted by atomic mass is 16.5. The van der Waals surface area contributed by atoms with Gasteiger partial charge in [-0.3, -0.25) is 9.69 Å². The summed E-state index contributed by atoms with van der Waals surface area (Å²) in [6, 6.07) is 16.2. The quantitative estimate of drug-likeness (QED) is 0.837. The summed E-state index contributed by atoms with van der Waals surface area (Å²) < 4.78 is 5.83. The molecule has 0 radical (unpaired) electrons. The molecule has 2 N–H and O–H groups in total. The van der Waals surface area contributed by atoms with Gasteiger partial charge in [0.1, 0.15) is 0 Å². The lowest BCUT2D eigenvalue weighted by Gasteiger charge is -2.40. The standard InChI is InChI=1S/C23H24N2O4/c26-22(24-14-9-10-14)21-20(25(23(27)28)11-12-29-21)13-19-17-7-3-1-5-15(17)16-6-2-4-8-18(16)19/h1-8,14,19-21H,9-13H2,(H,24,26)(H,27,28). The topological polar surface area (TPSA) is 78.9 Å². The summed E-state index contributed by atoms with van der Waals surface area (Å²) in [4.78, 5) is 26.2. The van der Waals surface area contributed by atoms with Crippen molar-refractivity contribution in [3.8, 4) is 11.1 Å². The first-order valence-corrected chi connectivity index (χ1v) is 10.2. The van der Waals surface area contributed by atoms with Crippen molar-refractivity contribution in [2.24, 2.45) is 0 Å². The summed E-state index contributed by atoms with van der Waals surface area (Å²) in [5.74, 6) is -0.157. The molecular formula is C23H24N2O4. The molecule has 0 spiro atoms. The Morgan fingerprint density at radius 2 is 1.66 bits per heavy atom. The molecule has 2 aliphatic carbocycles. The van der Waals surface area contributed by atoms with E-state index in [1.54, 1.807) is 0 Å². The third kappa shape index (κ3) is 3.27. The largest absolute Gasteiger partial charge is 0.465 e. The van der Waals surface area contributed by atoms with Gasteiger partial charge in [0.25, 0.3) is 5.91 Å². The Kier molecular flexibility index (Phi) is 4.51. The zero-order valence-corrected chi connectivity index (χ0v) is 16.1. The van der Waals surface area contributed by atoms with Crippen molar-refractivity contribution in [3.63, 3.8) is 0 Å². The van der Waals surface area contributed by atoms with E-state index in [4.69, 9.17) is 4.74 Å². The van der Waals surface area contributed by atoms with E-state index in [1.807, 2.05) is 24.3 Å². The minimum Gasteiger partial charge on any atom is -0.465 e. The summed E-state index contributed by atoms with van der Waals surface area (Å²) in [6.07, 6.45) is 0.704. The van der Waals surface area contributed by atoms with Gasteiger partial charge in [-0.05, 0) is 41.5 Å². The highest BCUT2D eigenvalue weighted by Crippen LogP contribution is 2.47.